The van der Waals surface area contributed by atoms with E-state index in [2.05, 4.69) is 15.6 Å². The second-order valence-corrected chi connectivity index (χ2v) is 9.49. The van der Waals surface area contributed by atoms with E-state index in [1.807, 2.05) is 0 Å². The normalized spacial score (nSPS) is 18.2. The first kappa shape index (κ1) is 29.2. The average Bonchev–Trinajstić information content (AvgIpc) is 2.91. The molecular weight excluding hydrogens is 538 g/mol. The first-order chi connectivity index (χ1) is 19.0. The van der Waals surface area contributed by atoms with Crippen LogP contribution in [0.5, 0.6) is 5.75 Å². The molecule has 1 amide bonds. The van der Waals surface area contributed by atoms with E-state index in [9.17, 15) is 31.1 Å². The molecule has 1 aliphatic rings. The summed E-state index contributed by atoms with van der Waals surface area (Å²) in [5.41, 5.74) is -3.11. The van der Waals surface area contributed by atoms with Gasteiger partial charge in [0, 0.05) is 32.4 Å². The van der Waals surface area contributed by atoms with Crippen LogP contribution >= 0.6 is 0 Å². The highest BCUT2D eigenvalue weighted by atomic mass is 19.4. The van der Waals surface area contributed by atoms with Gasteiger partial charge < -0.3 is 15.4 Å². The van der Waals surface area contributed by atoms with Gasteiger partial charge in [0.15, 0.2) is 5.60 Å². The highest BCUT2D eigenvalue weighted by Gasteiger charge is 2.45. The summed E-state index contributed by atoms with van der Waals surface area (Å²) < 4.78 is 86.0. The van der Waals surface area contributed by atoms with Crippen molar-refractivity contribution in [3.8, 4) is 5.75 Å². The molecule has 2 N–H and O–H groups in total. The number of hydrogen-bond acceptors (Lipinski definition) is 5. The number of piperidine rings is 1. The molecule has 0 spiro atoms. The topological polar surface area (TPSA) is 66.5 Å². The Morgan fingerprint density at radius 2 is 1.65 bits per heavy atom. The van der Waals surface area contributed by atoms with Gasteiger partial charge in [0.2, 0.25) is 0 Å². The molecule has 1 aliphatic heterocycles. The minimum absolute atomic E-state index is 0.0484. The molecule has 2 aromatic carbocycles. The zero-order valence-corrected chi connectivity index (χ0v) is 21.4. The third-order valence-electron chi connectivity index (χ3n) is 6.54. The third kappa shape index (κ3) is 7.44. The van der Waals surface area contributed by atoms with Crippen molar-refractivity contribution in [3.05, 3.63) is 89.6 Å². The quantitative estimate of drug-likeness (QED) is 0.255. The molecule has 6 nitrogen and oxygen atoms in total. The molecule has 3 aromatic rings. The molecule has 1 saturated heterocycles. The summed E-state index contributed by atoms with van der Waals surface area (Å²) in [5.74, 6) is 0.149. The van der Waals surface area contributed by atoms with Crippen LogP contribution in [-0.4, -0.2) is 47.6 Å². The molecule has 0 aliphatic carbocycles. The molecule has 1 aromatic heterocycles. The van der Waals surface area contributed by atoms with E-state index in [1.165, 1.54) is 18.2 Å². The number of rotatable bonds is 9. The fraction of sp³-hybridized carbons (Fsp3) is 0.357. The number of anilines is 1. The molecule has 214 valence electrons. The molecular formula is C28H28F6N4O2. The Morgan fingerprint density at radius 1 is 0.925 bits per heavy atom. The van der Waals surface area contributed by atoms with E-state index in [4.69, 9.17) is 4.74 Å². The number of halogens is 6. The summed E-state index contributed by atoms with van der Waals surface area (Å²) in [5, 5.41) is 5.86. The largest absolute Gasteiger partial charge is 0.476 e. The van der Waals surface area contributed by atoms with Crippen LogP contribution in [-0.2, 0) is 23.7 Å². The monoisotopic (exact) mass is 566 g/mol. The second-order valence-electron chi connectivity index (χ2n) is 9.49. The van der Waals surface area contributed by atoms with Gasteiger partial charge in [0.05, 0.1) is 11.1 Å². The van der Waals surface area contributed by atoms with Crippen LogP contribution in [0.15, 0.2) is 72.9 Å². The van der Waals surface area contributed by atoms with Crippen molar-refractivity contribution >= 4 is 11.7 Å². The number of pyridine rings is 1. The van der Waals surface area contributed by atoms with Crippen molar-refractivity contribution in [3.63, 3.8) is 0 Å². The fourth-order valence-corrected chi connectivity index (χ4v) is 4.67. The molecule has 1 unspecified atom stereocenters. The van der Waals surface area contributed by atoms with E-state index in [0.717, 1.165) is 30.3 Å². The zero-order chi connectivity index (χ0) is 28.8. The van der Waals surface area contributed by atoms with Crippen LogP contribution < -0.4 is 15.4 Å². The van der Waals surface area contributed by atoms with Crippen molar-refractivity contribution in [2.24, 2.45) is 0 Å². The number of carbonyl (C=O) groups excluding carboxylic acids is 1. The van der Waals surface area contributed by atoms with Gasteiger partial charge in [0.25, 0.3) is 5.91 Å². The van der Waals surface area contributed by atoms with Crippen molar-refractivity contribution in [1.82, 2.24) is 15.2 Å². The minimum atomic E-state index is -4.54. The van der Waals surface area contributed by atoms with Gasteiger partial charge >= 0.3 is 12.4 Å². The number of alkyl halides is 6. The van der Waals surface area contributed by atoms with E-state index < -0.39 is 35.0 Å². The van der Waals surface area contributed by atoms with Gasteiger partial charge in [-0.25, -0.2) is 4.98 Å². The predicted molar refractivity (Wildman–Crippen MR) is 136 cm³/mol. The van der Waals surface area contributed by atoms with Crippen LogP contribution in [0.3, 0.4) is 0 Å². The summed E-state index contributed by atoms with van der Waals surface area (Å²) in [6, 6.07) is 14.5. The van der Waals surface area contributed by atoms with Crippen LogP contribution in [0, 0.1) is 0 Å². The van der Waals surface area contributed by atoms with E-state index in [1.54, 1.807) is 29.3 Å². The summed E-state index contributed by atoms with van der Waals surface area (Å²) in [6.45, 7) is 0.799. The Bertz CT molecular complexity index is 1270. The molecule has 2 heterocycles. The van der Waals surface area contributed by atoms with Gasteiger partial charge in [-0.3, -0.25) is 9.69 Å². The van der Waals surface area contributed by atoms with Crippen LogP contribution in [0.25, 0.3) is 0 Å². The second kappa shape index (κ2) is 12.2. The smallest absolute Gasteiger partial charge is 0.416 e. The van der Waals surface area contributed by atoms with Gasteiger partial charge in [-0.15, -0.1) is 0 Å². The third-order valence-corrected chi connectivity index (χ3v) is 6.54. The zero-order valence-electron chi connectivity index (χ0n) is 21.4. The minimum Gasteiger partial charge on any atom is -0.476 e. The van der Waals surface area contributed by atoms with Crippen LogP contribution in [0.4, 0.5) is 32.2 Å². The number of nitrogens with zero attached hydrogens (tertiary/aromatic N) is 2. The van der Waals surface area contributed by atoms with Crippen molar-refractivity contribution < 1.29 is 35.9 Å². The molecule has 0 saturated carbocycles. The number of aromatic nitrogens is 1. The van der Waals surface area contributed by atoms with Crippen molar-refractivity contribution in [2.75, 3.05) is 31.5 Å². The molecule has 12 heteroatoms. The van der Waals surface area contributed by atoms with Crippen molar-refractivity contribution in [2.45, 2.75) is 37.3 Å². The lowest BCUT2D eigenvalue weighted by atomic mass is 9.90. The summed E-state index contributed by atoms with van der Waals surface area (Å²) >= 11 is 0. The predicted octanol–water partition coefficient (Wildman–Crippen LogP) is 5.76. The number of nitrogens with one attached hydrogen (secondary N) is 2. The summed E-state index contributed by atoms with van der Waals surface area (Å²) in [4.78, 5) is 19.4. The van der Waals surface area contributed by atoms with Gasteiger partial charge in [-0.2, -0.15) is 26.3 Å². The lowest BCUT2D eigenvalue weighted by Gasteiger charge is -2.41. The summed E-state index contributed by atoms with van der Waals surface area (Å²) in [7, 11) is 0. The van der Waals surface area contributed by atoms with Gasteiger partial charge in [-0.05, 0) is 67.4 Å². The number of amides is 1. The SMILES string of the molecule is O=C(NCCNc1ccccn1)C1(Oc2ccc(C(F)(F)F)cc2)CCCN(Cc2ccccc2C(F)(F)F)C1. The molecule has 1 atom stereocenters. The Hall–Kier alpha value is -3.80. The average molecular weight is 567 g/mol. The molecule has 0 bridgehead atoms. The maximum absolute atomic E-state index is 13.6. The van der Waals surface area contributed by atoms with Gasteiger partial charge in [0.1, 0.15) is 11.6 Å². The lowest BCUT2D eigenvalue weighted by Crippen LogP contribution is -2.60. The first-order valence-electron chi connectivity index (χ1n) is 12.6. The maximum atomic E-state index is 13.6. The van der Waals surface area contributed by atoms with E-state index in [-0.39, 0.29) is 37.4 Å². The maximum Gasteiger partial charge on any atom is 0.416 e. The fourth-order valence-electron chi connectivity index (χ4n) is 4.67. The number of ether oxygens (including phenoxy) is 1. The summed E-state index contributed by atoms with van der Waals surface area (Å²) in [6.07, 6.45) is -6.82. The van der Waals surface area contributed by atoms with Crippen molar-refractivity contribution in [1.29, 1.82) is 0 Å². The molecule has 40 heavy (non-hydrogen) atoms. The standard InChI is InChI=1S/C28H28F6N4O2/c29-27(30,31)21-9-11-22(12-10-21)40-26(25(39)37-16-15-36-24-8-3-4-14-35-24)13-5-17-38(19-26)18-20-6-1-2-7-23(20)28(32,33)34/h1-4,6-12,14H,5,13,15-19H2,(H,35,36)(H,37,39). The molecule has 1 fully saturated rings. The van der Waals surface area contributed by atoms with E-state index in [0.29, 0.717) is 25.3 Å². The number of benzene rings is 2. The highest BCUT2D eigenvalue weighted by Crippen LogP contribution is 2.35. The molecule has 4 rings (SSSR count). The highest BCUT2D eigenvalue weighted by molar-refractivity contribution is 5.86. The number of likely N-dealkylation sites (tertiary alicyclic amines) is 1. The Kier molecular flexibility index (Phi) is 8.87. The van der Waals surface area contributed by atoms with Crippen LogP contribution in [0.2, 0.25) is 0 Å². The Morgan fingerprint density at radius 3 is 2.33 bits per heavy atom. The Labute approximate surface area is 227 Å². The van der Waals surface area contributed by atoms with Crippen LogP contribution in [0.1, 0.15) is 29.5 Å². The Balaban J connectivity index is 1.52. The number of carbonyl (C=O) groups is 1. The first-order valence-corrected chi connectivity index (χ1v) is 12.6. The molecule has 0 radical (unpaired) electrons. The van der Waals surface area contributed by atoms with E-state index >= 15 is 0 Å². The lowest BCUT2D eigenvalue weighted by molar-refractivity contribution is -0.143. The number of hydrogen-bond donors (Lipinski definition) is 2. The van der Waals surface area contributed by atoms with Gasteiger partial charge in [-0.1, -0.05) is 24.3 Å².